The van der Waals surface area contributed by atoms with E-state index in [1.165, 1.54) is 27.9 Å². The molecule has 0 spiro atoms. The van der Waals surface area contributed by atoms with Crippen molar-refractivity contribution in [1.29, 1.82) is 0 Å². The molecule has 1 aliphatic heterocycles. The molecule has 1 N–H and O–H groups in total. The van der Waals surface area contributed by atoms with Crippen LogP contribution in [0.1, 0.15) is 39.8 Å². The zero-order chi connectivity index (χ0) is 19.8. The minimum atomic E-state index is 0.122. The predicted octanol–water partition coefficient (Wildman–Crippen LogP) is 5.62. The Morgan fingerprint density at radius 1 is 1.07 bits per heavy atom. The maximum absolute atomic E-state index is 13.1. The molecule has 0 aliphatic carbocycles. The summed E-state index contributed by atoms with van der Waals surface area (Å²) < 4.78 is 0. The molecule has 0 radical (unpaired) electrons. The van der Waals surface area contributed by atoms with Gasteiger partial charge in [0.15, 0.2) is 0 Å². The van der Waals surface area contributed by atoms with E-state index in [9.17, 15) is 4.79 Å². The van der Waals surface area contributed by atoms with Crippen LogP contribution >= 0.6 is 11.3 Å². The van der Waals surface area contributed by atoms with Crippen molar-refractivity contribution in [2.75, 3.05) is 13.1 Å². The van der Waals surface area contributed by atoms with Gasteiger partial charge in [0.1, 0.15) is 9.88 Å². The second-order valence-electron chi connectivity index (χ2n) is 7.68. The van der Waals surface area contributed by atoms with E-state index in [2.05, 4.69) is 40.3 Å². The number of amides is 1. The number of aromatic nitrogens is 2. The summed E-state index contributed by atoms with van der Waals surface area (Å²) in [7, 11) is 0. The summed E-state index contributed by atoms with van der Waals surface area (Å²) in [4.78, 5) is 24.1. The molecule has 0 saturated carbocycles. The van der Waals surface area contributed by atoms with Crippen molar-refractivity contribution in [3.63, 3.8) is 0 Å². The van der Waals surface area contributed by atoms with Crippen molar-refractivity contribution >= 4 is 28.1 Å². The third kappa shape index (κ3) is 3.47. The van der Waals surface area contributed by atoms with Crippen molar-refractivity contribution in [1.82, 2.24) is 14.9 Å². The van der Waals surface area contributed by atoms with Gasteiger partial charge in [-0.3, -0.25) is 4.79 Å². The lowest BCUT2D eigenvalue weighted by atomic mass is 9.93. The van der Waals surface area contributed by atoms with Gasteiger partial charge in [0, 0.05) is 35.8 Å². The van der Waals surface area contributed by atoms with Crippen LogP contribution < -0.4 is 0 Å². The van der Waals surface area contributed by atoms with Crippen molar-refractivity contribution < 1.29 is 4.79 Å². The summed E-state index contributed by atoms with van der Waals surface area (Å²) in [6.07, 6.45) is 1.98. The van der Waals surface area contributed by atoms with Gasteiger partial charge >= 0.3 is 0 Å². The first-order valence-electron chi connectivity index (χ1n) is 10.1. The Labute approximate surface area is 174 Å². The largest absolute Gasteiger partial charge is 0.358 e. The molecule has 0 unspecified atom stereocenters. The number of thiazole rings is 1. The number of hydrogen-bond donors (Lipinski definition) is 1. The van der Waals surface area contributed by atoms with E-state index in [1.807, 2.05) is 42.2 Å². The van der Waals surface area contributed by atoms with E-state index in [0.717, 1.165) is 47.1 Å². The first-order valence-corrected chi connectivity index (χ1v) is 10.9. The van der Waals surface area contributed by atoms with Gasteiger partial charge in [-0.2, -0.15) is 0 Å². The zero-order valence-electron chi connectivity index (χ0n) is 16.4. The van der Waals surface area contributed by atoms with E-state index in [0.29, 0.717) is 5.92 Å². The zero-order valence-corrected chi connectivity index (χ0v) is 17.2. The van der Waals surface area contributed by atoms with Crippen molar-refractivity contribution in [2.45, 2.75) is 25.7 Å². The van der Waals surface area contributed by atoms with E-state index >= 15 is 0 Å². The SMILES string of the molecule is Cc1nc(-c2ccccc2)sc1C(=O)N1CCC(c2cc3ccccc3[nH]2)CC1. The Morgan fingerprint density at radius 2 is 1.79 bits per heavy atom. The summed E-state index contributed by atoms with van der Waals surface area (Å²) in [6, 6.07) is 20.7. The van der Waals surface area contributed by atoms with E-state index in [4.69, 9.17) is 0 Å². The highest BCUT2D eigenvalue weighted by Gasteiger charge is 2.28. The standard InChI is InChI=1S/C24H23N3OS/c1-16-22(29-23(25-16)18-7-3-2-4-8-18)24(28)27-13-11-17(12-14-27)21-15-19-9-5-6-10-20(19)26-21/h2-10,15,17,26H,11-14H2,1H3. The Morgan fingerprint density at radius 3 is 2.55 bits per heavy atom. The molecule has 3 heterocycles. The van der Waals surface area contributed by atoms with Crippen LogP contribution in [0.3, 0.4) is 0 Å². The Balaban J connectivity index is 1.29. The van der Waals surface area contributed by atoms with Crippen LogP contribution in [0.4, 0.5) is 0 Å². The number of rotatable bonds is 3. The van der Waals surface area contributed by atoms with Gasteiger partial charge in [-0.1, -0.05) is 48.5 Å². The lowest BCUT2D eigenvalue weighted by Crippen LogP contribution is -2.37. The van der Waals surface area contributed by atoms with Gasteiger partial charge in [0.25, 0.3) is 5.91 Å². The number of hydrogen-bond acceptors (Lipinski definition) is 3. The Bertz CT molecular complexity index is 1120. The van der Waals surface area contributed by atoms with Gasteiger partial charge in [0.05, 0.1) is 5.69 Å². The molecular formula is C24H23N3OS. The number of nitrogens with one attached hydrogen (secondary N) is 1. The molecule has 2 aromatic heterocycles. The van der Waals surface area contributed by atoms with E-state index in [-0.39, 0.29) is 5.91 Å². The number of H-pyrrole nitrogens is 1. The lowest BCUT2D eigenvalue weighted by Gasteiger charge is -2.31. The minimum Gasteiger partial charge on any atom is -0.358 e. The summed E-state index contributed by atoms with van der Waals surface area (Å²) in [5.41, 5.74) is 4.38. The number of aromatic amines is 1. The number of carbonyl (C=O) groups is 1. The molecule has 1 amide bonds. The summed E-state index contributed by atoms with van der Waals surface area (Å²) in [6.45, 7) is 3.52. The van der Waals surface area contributed by atoms with Gasteiger partial charge in [-0.15, -0.1) is 11.3 Å². The molecule has 4 aromatic rings. The topological polar surface area (TPSA) is 49.0 Å². The molecule has 146 valence electrons. The smallest absolute Gasteiger partial charge is 0.265 e. The fourth-order valence-corrected chi connectivity index (χ4v) is 5.19. The second-order valence-corrected chi connectivity index (χ2v) is 8.68. The molecule has 5 heteroatoms. The molecule has 0 bridgehead atoms. The monoisotopic (exact) mass is 401 g/mol. The van der Waals surface area contributed by atoms with Crippen LogP contribution in [0.2, 0.25) is 0 Å². The van der Waals surface area contributed by atoms with Crippen LogP contribution in [0.25, 0.3) is 21.5 Å². The van der Waals surface area contributed by atoms with Gasteiger partial charge < -0.3 is 9.88 Å². The number of piperidine rings is 1. The number of para-hydroxylation sites is 1. The predicted molar refractivity (Wildman–Crippen MR) is 118 cm³/mol. The number of fused-ring (bicyclic) bond motifs is 1. The van der Waals surface area contributed by atoms with Crippen LogP contribution in [0.5, 0.6) is 0 Å². The fraction of sp³-hybridized carbons (Fsp3) is 0.250. The quantitative estimate of drug-likeness (QED) is 0.484. The fourth-order valence-electron chi connectivity index (χ4n) is 4.15. The lowest BCUT2D eigenvalue weighted by molar-refractivity contribution is 0.0716. The van der Waals surface area contributed by atoms with Gasteiger partial charge in [0.2, 0.25) is 0 Å². The van der Waals surface area contributed by atoms with Crippen LogP contribution in [0.15, 0.2) is 60.7 Å². The summed E-state index contributed by atoms with van der Waals surface area (Å²) in [5.74, 6) is 0.603. The summed E-state index contributed by atoms with van der Waals surface area (Å²) in [5, 5.41) is 2.18. The third-order valence-corrected chi connectivity index (χ3v) is 6.98. The maximum Gasteiger partial charge on any atom is 0.265 e. The van der Waals surface area contributed by atoms with Crippen LogP contribution in [0, 0.1) is 6.92 Å². The van der Waals surface area contributed by atoms with Crippen molar-refractivity contribution in [2.24, 2.45) is 0 Å². The Hall–Kier alpha value is -2.92. The average molecular weight is 402 g/mol. The Kier molecular flexibility index (Phi) is 4.68. The molecular weight excluding hydrogens is 378 g/mol. The number of aryl methyl sites for hydroxylation is 1. The molecule has 5 rings (SSSR count). The molecule has 1 fully saturated rings. The normalized spacial score (nSPS) is 15.1. The van der Waals surface area contributed by atoms with Crippen LogP contribution in [-0.4, -0.2) is 33.9 Å². The maximum atomic E-state index is 13.1. The molecule has 29 heavy (non-hydrogen) atoms. The number of carbonyl (C=O) groups excluding carboxylic acids is 1. The third-order valence-electron chi connectivity index (χ3n) is 5.78. The minimum absolute atomic E-state index is 0.122. The molecule has 1 aliphatic rings. The molecule has 2 aromatic carbocycles. The number of nitrogens with zero attached hydrogens (tertiary/aromatic N) is 2. The molecule has 4 nitrogen and oxygen atoms in total. The van der Waals surface area contributed by atoms with Crippen molar-refractivity contribution in [3.8, 4) is 10.6 Å². The molecule has 0 atom stereocenters. The van der Waals surface area contributed by atoms with Crippen LogP contribution in [-0.2, 0) is 0 Å². The summed E-state index contributed by atoms with van der Waals surface area (Å²) >= 11 is 1.51. The highest BCUT2D eigenvalue weighted by Crippen LogP contribution is 2.33. The van der Waals surface area contributed by atoms with Gasteiger partial charge in [-0.05, 0) is 37.3 Å². The molecule has 1 saturated heterocycles. The second kappa shape index (κ2) is 7.48. The van der Waals surface area contributed by atoms with E-state index in [1.54, 1.807) is 0 Å². The highest BCUT2D eigenvalue weighted by molar-refractivity contribution is 7.17. The first-order chi connectivity index (χ1) is 14.2. The van der Waals surface area contributed by atoms with E-state index < -0.39 is 0 Å². The highest BCUT2D eigenvalue weighted by atomic mass is 32.1. The first kappa shape index (κ1) is 18.1. The van der Waals surface area contributed by atoms with Crippen molar-refractivity contribution in [3.05, 3.63) is 76.9 Å². The van der Waals surface area contributed by atoms with Gasteiger partial charge in [-0.25, -0.2) is 4.98 Å². The number of likely N-dealkylation sites (tertiary alicyclic amines) is 1. The number of benzene rings is 2. The average Bonchev–Trinajstić information content (AvgIpc) is 3.38.